The topological polar surface area (TPSA) is 54.0 Å². The van der Waals surface area contributed by atoms with Crippen molar-refractivity contribution >= 4 is 5.97 Å². The second-order valence-corrected chi connectivity index (χ2v) is 11.3. The lowest BCUT2D eigenvalue weighted by atomic mass is 10.1. The van der Waals surface area contributed by atoms with Crippen LogP contribution in [0.1, 0.15) is 167 Å². The fourth-order valence-corrected chi connectivity index (χ4v) is 4.57. The molecule has 0 fully saturated rings. The first-order valence-electron chi connectivity index (χ1n) is 16.8. The number of rotatable bonds is 27. The second kappa shape index (κ2) is 24.9. The van der Waals surface area contributed by atoms with Crippen molar-refractivity contribution in [2.24, 2.45) is 0 Å². The average Bonchev–Trinajstić information content (AvgIpc) is 2.96. The van der Waals surface area contributed by atoms with Gasteiger partial charge in [-0.25, -0.2) is 4.79 Å². The summed E-state index contributed by atoms with van der Waals surface area (Å²) in [4.78, 5) is 13.0. The number of benzene rings is 1. The molecule has 0 aromatic heterocycles. The Morgan fingerprint density at radius 1 is 0.575 bits per heavy atom. The molecule has 40 heavy (non-hydrogen) atoms. The first-order valence-corrected chi connectivity index (χ1v) is 16.8. The molecule has 232 valence electrons. The van der Waals surface area contributed by atoms with E-state index in [9.17, 15) is 4.79 Å². The predicted molar refractivity (Wildman–Crippen MR) is 168 cm³/mol. The molecule has 0 saturated heterocycles. The van der Waals surface area contributed by atoms with E-state index in [1.807, 2.05) is 13.8 Å². The molecule has 1 atom stereocenters. The molecule has 0 spiro atoms. The predicted octanol–water partition coefficient (Wildman–Crippen LogP) is 10.9. The summed E-state index contributed by atoms with van der Waals surface area (Å²) in [5, 5.41) is 0. The van der Waals surface area contributed by atoms with Crippen LogP contribution in [0.2, 0.25) is 0 Å². The van der Waals surface area contributed by atoms with Crippen molar-refractivity contribution in [2.45, 2.75) is 163 Å². The largest absolute Gasteiger partial charge is 0.490 e. The van der Waals surface area contributed by atoms with Crippen LogP contribution in [0.5, 0.6) is 17.2 Å². The van der Waals surface area contributed by atoms with Crippen LogP contribution in [0.15, 0.2) is 12.1 Å². The number of hydrogen-bond donors (Lipinski definition) is 0. The quantitative estimate of drug-likeness (QED) is 0.0788. The van der Waals surface area contributed by atoms with Gasteiger partial charge in [-0.1, -0.05) is 124 Å². The number of carbonyl (C=O) groups is 1. The highest BCUT2D eigenvalue weighted by atomic mass is 16.5. The Morgan fingerprint density at radius 2 is 0.950 bits per heavy atom. The SMILES string of the molecule is CCCCCCCCOc1cc(C(=O)OC(C)CC)cc(OCCCCCCCC)c1OCCCCCCCC. The fraction of sp³-hybridized carbons (Fsp3) is 0.800. The minimum absolute atomic E-state index is 0.142. The zero-order chi connectivity index (χ0) is 29.3. The van der Waals surface area contributed by atoms with Gasteiger partial charge in [0, 0.05) is 0 Å². The van der Waals surface area contributed by atoms with Gasteiger partial charge in [-0.05, 0) is 44.7 Å². The van der Waals surface area contributed by atoms with E-state index in [1.54, 1.807) is 12.1 Å². The van der Waals surface area contributed by atoms with Gasteiger partial charge in [0.05, 0.1) is 31.5 Å². The van der Waals surface area contributed by atoms with Crippen LogP contribution < -0.4 is 14.2 Å². The third-order valence-corrected chi connectivity index (χ3v) is 7.39. The zero-order valence-corrected chi connectivity index (χ0v) is 26.8. The Balaban J connectivity index is 2.99. The highest BCUT2D eigenvalue weighted by molar-refractivity contribution is 5.91. The molecule has 0 N–H and O–H groups in total. The van der Waals surface area contributed by atoms with Crippen molar-refractivity contribution in [1.29, 1.82) is 0 Å². The molecule has 1 aromatic rings. The summed E-state index contributed by atoms with van der Waals surface area (Å²) in [5.41, 5.74) is 0.461. The maximum Gasteiger partial charge on any atom is 0.338 e. The number of carbonyl (C=O) groups excluding carboxylic acids is 1. The van der Waals surface area contributed by atoms with Crippen molar-refractivity contribution in [3.8, 4) is 17.2 Å². The molecule has 1 aromatic carbocycles. The summed E-state index contributed by atoms with van der Waals surface area (Å²) in [7, 11) is 0. The van der Waals surface area contributed by atoms with Crippen molar-refractivity contribution < 1.29 is 23.7 Å². The molecule has 0 bridgehead atoms. The maximum absolute atomic E-state index is 13.0. The Hall–Kier alpha value is -1.91. The van der Waals surface area contributed by atoms with E-state index in [0.29, 0.717) is 42.6 Å². The third kappa shape index (κ3) is 17.0. The lowest BCUT2D eigenvalue weighted by molar-refractivity contribution is 0.0333. The van der Waals surface area contributed by atoms with Crippen LogP contribution in [-0.4, -0.2) is 31.9 Å². The minimum atomic E-state index is -0.342. The summed E-state index contributed by atoms with van der Waals surface area (Å²) in [6.45, 7) is 12.5. The van der Waals surface area contributed by atoms with Crippen molar-refractivity contribution in [3.05, 3.63) is 17.7 Å². The second-order valence-electron chi connectivity index (χ2n) is 11.3. The van der Waals surface area contributed by atoms with Gasteiger partial charge in [0.25, 0.3) is 0 Å². The molecule has 5 heteroatoms. The fourth-order valence-electron chi connectivity index (χ4n) is 4.57. The highest BCUT2D eigenvalue weighted by Gasteiger charge is 2.21. The third-order valence-electron chi connectivity index (χ3n) is 7.39. The number of esters is 1. The van der Waals surface area contributed by atoms with Gasteiger partial charge in [-0.2, -0.15) is 0 Å². The molecule has 0 saturated carbocycles. The van der Waals surface area contributed by atoms with E-state index in [4.69, 9.17) is 18.9 Å². The van der Waals surface area contributed by atoms with Crippen LogP contribution in [0, 0.1) is 0 Å². The lowest BCUT2D eigenvalue weighted by Crippen LogP contribution is -2.15. The van der Waals surface area contributed by atoms with E-state index < -0.39 is 0 Å². The van der Waals surface area contributed by atoms with Crippen LogP contribution in [0.25, 0.3) is 0 Å². The van der Waals surface area contributed by atoms with E-state index in [2.05, 4.69) is 20.8 Å². The van der Waals surface area contributed by atoms with E-state index in [0.717, 1.165) is 44.9 Å². The molecule has 0 radical (unpaired) electrons. The molecule has 0 aliphatic heterocycles. The molecular formula is C35H62O5. The van der Waals surface area contributed by atoms with Crippen molar-refractivity contribution in [2.75, 3.05) is 19.8 Å². The van der Waals surface area contributed by atoms with Crippen molar-refractivity contribution in [3.63, 3.8) is 0 Å². The zero-order valence-electron chi connectivity index (χ0n) is 26.8. The van der Waals surface area contributed by atoms with Crippen LogP contribution in [0.4, 0.5) is 0 Å². The Bertz CT molecular complexity index is 708. The normalized spacial score (nSPS) is 11.8. The highest BCUT2D eigenvalue weighted by Crippen LogP contribution is 2.40. The summed E-state index contributed by atoms with van der Waals surface area (Å²) < 4.78 is 24.5. The summed E-state index contributed by atoms with van der Waals surface area (Å²) >= 11 is 0. The first kappa shape index (κ1) is 36.1. The Labute approximate surface area is 247 Å². The van der Waals surface area contributed by atoms with Crippen LogP contribution in [-0.2, 0) is 4.74 Å². The average molecular weight is 563 g/mol. The molecule has 1 unspecified atom stereocenters. The number of ether oxygens (including phenoxy) is 4. The van der Waals surface area contributed by atoms with E-state index in [1.165, 1.54) is 77.0 Å². The van der Waals surface area contributed by atoms with E-state index in [-0.39, 0.29) is 12.1 Å². The van der Waals surface area contributed by atoms with Crippen molar-refractivity contribution in [1.82, 2.24) is 0 Å². The molecule has 5 nitrogen and oxygen atoms in total. The maximum atomic E-state index is 13.0. The minimum Gasteiger partial charge on any atom is -0.490 e. The molecular weight excluding hydrogens is 500 g/mol. The standard InChI is InChI=1S/C35H62O5/c1-6-10-13-16-19-22-25-37-32-28-31(35(36)40-30(5)9-4)29-33(38-26-23-20-17-14-11-7-2)34(32)39-27-24-21-18-15-12-8-3/h28-30H,6-27H2,1-5H3. The van der Waals surface area contributed by atoms with Gasteiger partial charge < -0.3 is 18.9 Å². The lowest BCUT2D eigenvalue weighted by Gasteiger charge is -2.19. The summed E-state index contributed by atoms with van der Waals surface area (Å²) in [6.07, 6.45) is 22.2. The van der Waals surface area contributed by atoms with Gasteiger partial charge in [-0.15, -0.1) is 0 Å². The summed E-state index contributed by atoms with van der Waals surface area (Å²) in [5.74, 6) is 1.48. The van der Waals surface area contributed by atoms with Crippen LogP contribution in [0.3, 0.4) is 0 Å². The van der Waals surface area contributed by atoms with Gasteiger partial charge >= 0.3 is 5.97 Å². The van der Waals surface area contributed by atoms with Gasteiger partial charge in [-0.3, -0.25) is 0 Å². The van der Waals surface area contributed by atoms with E-state index >= 15 is 0 Å². The number of unbranched alkanes of at least 4 members (excludes halogenated alkanes) is 15. The Kier molecular flexibility index (Phi) is 22.4. The number of hydrogen-bond acceptors (Lipinski definition) is 5. The monoisotopic (exact) mass is 562 g/mol. The molecule has 1 rings (SSSR count). The van der Waals surface area contributed by atoms with Crippen LogP contribution >= 0.6 is 0 Å². The van der Waals surface area contributed by atoms with Gasteiger partial charge in [0.2, 0.25) is 5.75 Å². The summed E-state index contributed by atoms with van der Waals surface area (Å²) in [6, 6.07) is 3.58. The molecule has 0 aliphatic rings. The van der Waals surface area contributed by atoms with Gasteiger partial charge in [0.1, 0.15) is 0 Å². The van der Waals surface area contributed by atoms with Gasteiger partial charge in [0.15, 0.2) is 11.5 Å². The first-order chi connectivity index (χ1) is 19.6. The smallest absolute Gasteiger partial charge is 0.338 e. The molecule has 0 amide bonds. The molecule has 0 aliphatic carbocycles. The molecule has 0 heterocycles. The Morgan fingerprint density at radius 3 is 1.35 bits per heavy atom.